The lowest BCUT2D eigenvalue weighted by Crippen LogP contribution is -2.47. The summed E-state index contributed by atoms with van der Waals surface area (Å²) in [5, 5.41) is 3.19. The third kappa shape index (κ3) is 4.75. The summed E-state index contributed by atoms with van der Waals surface area (Å²) >= 11 is 0. The Kier molecular flexibility index (Phi) is 6.50. The first kappa shape index (κ1) is 18.7. The maximum absolute atomic E-state index is 12.5. The molecule has 3 rings (SSSR count). The number of carbonyl (C=O) groups is 2. The van der Waals surface area contributed by atoms with E-state index < -0.39 is 0 Å². The van der Waals surface area contributed by atoms with Gasteiger partial charge in [0.1, 0.15) is 5.75 Å². The Hall–Kier alpha value is -2.08. The number of rotatable bonds is 6. The van der Waals surface area contributed by atoms with Crippen LogP contribution in [0.5, 0.6) is 5.75 Å². The van der Waals surface area contributed by atoms with Crippen molar-refractivity contribution >= 4 is 11.8 Å². The second kappa shape index (κ2) is 9.03. The molecule has 1 saturated carbocycles. The third-order valence-electron chi connectivity index (χ3n) is 5.61. The molecule has 2 unspecified atom stereocenters. The molecule has 1 aliphatic heterocycles. The zero-order valence-electron chi connectivity index (χ0n) is 15.2. The standard InChI is InChI=1S/C20H29N3O3/c21-13-16-5-4-8-18(16)22-20(25)15-9-11-23(12-10-15)19(24)14-26-17-6-2-1-3-7-17/h1-3,6-7,15-16,18H,4-5,8-14,21H2,(H,22,25). The normalized spacial score (nSPS) is 23.7. The maximum atomic E-state index is 12.5. The lowest BCUT2D eigenvalue weighted by molar-refractivity contribution is -0.137. The minimum atomic E-state index is -0.0216. The number of benzene rings is 1. The van der Waals surface area contributed by atoms with Crippen molar-refractivity contribution in [1.29, 1.82) is 0 Å². The first-order chi connectivity index (χ1) is 12.7. The van der Waals surface area contributed by atoms with Crippen molar-refractivity contribution in [2.75, 3.05) is 26.2 Å². The molecule has 0 radical (unpaired) electrons. The summed E-state index contributed by atoms with van der Waals surface area (Å²) in [5.41, 5.74) is 5.79. The van der Waals surface area contributed by atoms with E-state index in [1.54, 1.807) is 4.90 Å². The van der Waals surface area contributed by atoms with E-state index >= 15 is 0 Å². The molecule has 1 aromatic rings. The van der Waals surface area contributed by atoms with Gasteiger partial charge in [-0.25, -0.2) is 0 Å². The minimum Gasteiger partial charge on any atom is -0.484 e. The van der Waals surface area contributed by atoms with Crippen LogP contribution < -0.4 is 15.8 Å². The van der Waals surface area contributed by atoms with E-state index in [0.29, 0.717) is 44.1 Å². The SMILES string of the molecule is NCC1CCCC1NC(=O)C1CCN(C(=O)COc2ccccc2)CC1. The van der Waals surface area contributed by atoms with Crippen molar-refractivity contribution in [3.8, 4) is 5.75 Å². The monoisotopic (exact) mass is 359 g/mol. The molecule has 0 bridgehead atoms. The van der Waals surface area contributed by atoms with Gasteiger partial charge in [0.05, 0.1) is 0 Å². The summed E-state index contributed by atoms with van der Waals surface area (Å²) < 4.78 is 5.53. The van der Waals surface area contributed by atoms with Gasteiger partial charge in [0.2, 0.25) is 5.91 Å². The fourth-order valence-electron chi connectivity index (χ4n) is 3.95. The number of likely N-dealkylation sites (tertiary alicyclic amines) is 1. The summed E-state index contributed by atoms with van der Waals surface area (Å²) in [6, 6.07) is 9.56. The van der Waals surface area contributed by atoms with Gasteiger partial charge in [0.15, 0.2) is 6.61 Å². The van der Waals surface area contributed by atoms with E-state index in [1.807, 2.05) is 30.3 Å². The van der Waals surface area contributed by atoms with Crippen molar-refractivity contribution < 1.29 is 14.3 Å². The lowest BCUT2D eigenvalue weighted by atomic mass is 9.94. The predicted octanol–water partition coefficient (Wildman–Crippen LogP) is 1.55. The highest BCUT2D eigenvalue weighted by molar-refractivity contribution is 5.80. The van der Waals surface area contributed by atoms with E-state index in [9.17, 15) is 9.59 Å². The zero-order valence-corrected chi connectivity index (χ0v) is 15.2. The number of hydrogen-bond acceptors (Lipinski definition) is 4. The molecular formula is C20H29N3O3. The van der Waals surface area contributed by atoms with Crippen LogP contribution in [0.25, 0.3) is 0 Å². The number of hydrogen-bond donors (Lipinski definition) is 2. The molecule has 26 heavy (non-hydrogen) atoms. The molecule has 1 aliphatic carbocycles. The van der Waals surface area contributed by atoms with Crippen LogP contribution in [0, 0.1) is 11.8 Å². The summed E-state index contributed by atoms with van der Waals surface area (Å²) in [4.78, 5) is 26.6. The van der Waals surface area contributed by atoms with Crippen LogP contribution >= 0.6 is 0 Å². The molecule has 142 valence electrons. The average Bonchev–Trinajstić information content (AvgIpc) is 3.14. The van der Waals surface area contributed by atoms with Crippen LogP contribution in [0.3, 0.4) is 0 Å². The zero-order chi connectivity index (χ0) is 18.4. The number of nitrogens with two attached hydrogens (primary N) is 1. The Morgan fingerprint density at radius 1 is 1.12 bits per heavy atom. The van der Waals surface area contributed by atoms with Crippen LogP contribution in [0.2, 0.25) is 0 Å². The lowest BCUT2D eigenvalue weighted by Gasteiger charge is -2.32. The van der Waals surface area contributed by atoms with Crippen molar-refractivity contribution in [2.45, 2.75) is 38.1 Å². The van der Waals surface area contributed by atoms with Gasteiger partial charge in [0.25, 0.3) is 5.91 Å². The Labute approximate surface area is 155 Å². The van der Waals surface area contributed by atoms with Crippen LogP contribution in [-0.2, 0) is 9.59 Å². The number of nitrogens with one attached hydrogen (secondary N) is 1. The number of piperidine rings is 1. The first-order valence-corrected chi connectivity index (χ1v) is 9.63. The highest BCUT2D eigenvalue weighted by Crippen LogP contribution is 2.26. The van der Waals surface area contributed by atoms with E-state index in [-0.39, 0.29) is 30.4 Å². The van der Waals surface area contributed by atoms with E-state index in [4.69, 9.17) is 10.5 Å². The van der Waals surface area contributed by atoms with Gasteiger partial charge in [-0.15, -0.1) is 0 Å². The Balaban J connectivity index is 1.40. The molecule has 2 aliphatic rings. The molecule has 1 saturated heterocycles. The molecule has 0 aromatic heterocycles. The number of para-hydroxylation sites is 1. The van der Waals surface area contributed by atoms with Crippen molar-refractivity contribution in [3.05, 3.63) is 30.3 Å². The van der Waals surface area contributed by atoms with Gasteiger partial charge in [0, 0.05) is 25.0 Å². The molecule has 2 amide bonds. The second-order valence-corrected chi connectivity index (χ2v) is 7.30. The number of amides is 2. The van der Waals surface area contributed by atoms with Crippen LogP contribution in [-0.4, -0.2) is 49.0 Å². The van der Waals surface area contributed by atoms with Gasteiger partial charge in [-0.2, -0.15) is 0 Å². The maximum Gasteiger partial charge on any atom is 0.260 e. The quantitative estimate of drug-likeness (QED) is 0.807. The van der Waals surface area contributed by atoms with E-state index in [1.165, 1.54) is 0 Å². The first-order valence-electron chi connectivity index (χ1n) is 9.63. The summed E-state index contributed by atoms with van der Waals surface area (Å²) in [6.07, 6.45) is 4.70. The fourth-order valence-corrected chi connectivity index (χ4v) is 3.95. The average molecular weight is 359 g/mol. The Morgan fingerprint density at radius 3 is 2.54 bits per heavy atom. The summed E-state index contributed by atoms with van der Waals surface area (Å²) in [5.74, 6) is 1.21. The summed E-state index contributed by atoms with van der Waals surface area (Å²) in [7, 11) is 0. The van der Waals surface area contributed by atoms with Crippen LogP contribution in [0.15, 0.2) is 30.3 Å². The number of nitrogens with zero attached hydrogens (tertiary/aromatic N) is 1. The molecule has 6 heteroatoms. The number of ether oxygens (including phenoxy) is 1. The Morgan fingerprint density at radius 2 is 1.85 bits per heavy atom. The molecular weight excluding hydrogens is 330 g/mol. The van der Waals surface area contributed by atoms with Crippen molar-refractivity contribution in [1.82, 2.24) is 10.2 Å². The van der Waals surface area contributed by atoms with E-state index in [2.05, 4.69) is 5.32 Å². The third-order valence-corrected chi connectivity index (χ3v) is 5.61. The summed E-state index contributed by atoms with van der Waals surface area (Å²) in [6.45, 7) is 1.90. The van der Waals surface area contributed by atoms with Crippen LogP contribution in [0.1, 0.15) is 32.1 Å². The smallest absolute Gasteiger partial charge is 0.260 e. The van der Waals surface area contributed by atoms with Gasteiger partial charge in [-0.05, 0) is 50.3 Å². The molecule has 0 spiro atoms. The largest absolute Gasteiger partial charge is 0.484 e. The second-order valence-electron chi connectivity index (χ2n) is 7.30. The van der Waals surface area contributed by atoms with Crippen molar-refractivity contribution in [2.24, 2.45) is 17.6 Å². The molecule has 2 fully saturated rings. The molecule has 1 aromatic carbocycles. The number of carbonyl (C=O) groups excluding carboxylic acids is 2. The molecule has 1 heterocycles. The molecule has 3 N–H and O–H groups in total. The van der Waals surface area contributed by atoms with E-state index in [0.717, 1.165) is 19.3 Å². The topological polar surface area (TPSA) is 84.7 Å². The van der Waals surface area contributed by atoms with Crippen molar-refractivity contribution in [3.63, 3.8) is 0 Å². The highest BCUT2D eigenvalue weighted by atomic mass is 16.5. The molecule has 2 atom stereocenters. The van der Waals surface area contributed by atoms with Gasteiger partial charge >= 0.3 is 0 Å². The predicted molar refractivity (Wildman–Crippen MR) is 99.6 cm³/mol. The van der Waals surface area contributed by atoms with Gasteiger partial charge in [-0.3, -0.25) is 9.59 Å². The highest BCUT2D eigenvalue weighted by Gasteiger charge is 2.32. The molecule has 6 nitrogen and oxygen atoms in total. The minimum absolute atomic E-state index is 0.00637. The fraction of sp³-hybridized carbons (Fsp3) is 0.600. The van der Waals surface area contributed by atoms with Crippen LogP contribution in [0.4, 0.5) is 0 Å². The van der Waals surface area contributed by atoms with Gasteiger partial charge in [-0.1, -0.05) is 24.6 Å². The van der Waals surface area contributed by atoms with Gasteiger partial charge < -0.3 is 20.7 Å². The Bertz CT molecular complexity index is 600.